The van der Waals surface area contributed by atoms with Crippen LogP contribution in [0.15, 0.2) is 0 Å². The van der Waals surface area contributed by atoms with Crippen LogP contribution in [-0.4, -0.2) is 15.0 Å². The number of nitrogens with zero attached hydrogens (tertiary/aromatic N) is 3. The quantitative estimate of drug-likeness (QED) is 0.766. The number of hydrogen-bond acceptors (Lipinski definition) is 2. The minimum atomic E-state index is 0.141. The zero-order chi connectivity index (χ0) is 12.2. The van der Waals surface area contributed by atoms with Gasteiger partial charge in [0.25, 0.3) is 0 Å². The Balaban J connectivity index is 2.99. The maximum absolute atomic E-state index is 4.34. The number of hydrogen-bond donors (Lipinski definition) is 0. The van der Waals surface area contributed by atoms with Crippen molar-refractivity contribution in [3.63, 3.8) is 0 Å². The first-order valence-corrected chi connectivity index (χ1v) is 6.43. The molecule has 0 aromatic carbocycles. The van der Waals surface area contributed by atoms with Gasteiger partial charge in [-0.15, -0.1) is 5.10 Å². The average Bonchev–Trinajstić information content (AvgIpc) is 2.58. The van der Waals surface area contributed by atoms with Gasteiger partial charge in [-0.3, -0.25) is 0 Å². The van der Waals surface area contributed by atoms with Crippen LogP contribution in [0, 0.1) is 0 Å². The smallest absolute Gasteiger partial charge is 0.0864 e. The Bertz CT molecular complexity index is 320. The topological polar surface area (TPSA) is 30.7 Å². The lowest BCUT2D eigenvalue weighted by atomic mass is 9.89. The fraction of sp³-hybridized carbons (Fsp3) is 0.846. The Morgan fingerprint density at radius 3 is 2.31 bits per heavy atom. The van der Waals surface area contributed by atoms with E-state index in [9.17, 15) is 0 Å². The third-order valence-electron chi connectivity index (χ3n) is 2.73. The van der Waals surface area contributed by atoms with E-state index < -0.39 is 0 Å². The van der Waals surface area contributed by atoms with Gasteiger partial charge in [-0.1, -0.05) is 52.7 Å². The molecule has 0 bridgehead atoms. The van der Waals surface area contributed by atoms with Crippen LogP contribution in [0.2, 0.25) is 0 Å². The minimum absolute atomic E-state index is 0.141. The highest BCUT2D eigenvalue weighted by Gasteiger charge is 2.24. The van der Waals surface area contributed by atoms with E-state index in [1.54, 1.807) is 0 Å². The number of unbranched alkanes of at least 4 members (excludes halogenated alkanes) is 1. The van der Waals surface area contributed by atoms with E-state index in [0.29, 0.717) is 0 Å². The van der Waals surface area contributed by atoms with Gasteiger partial charge < -0.3 is 0 Å². The number of aromatic nitrogens is 3. The molecular formula is C13H25N3. The number of rotatable bonds is 5. The molecule has 0 aliphatic heterocycles. The molecule has 0 aliphatic carbocycles. The average molecular weight is 223 g/mol. The molecule has 0 amide bonds. The maximum Gasteiger partial charge on any atom is 0.0864 e. The zero-order valence-corrected chi connectivity index (χ0v) is 11.4. The van der Waals surface area contributed by atoms with E-state index in [1.807, 2.05) is 0 Å². The summed E-state index contributed by atoms with van der Waals surface area (Å²) in [5.74, 6) is 0. The van der Waals surface area contributed by atoms with E-state index in [2.05, 4.69) is 49.6 Å². The molecule has 0 radical (unpaired) electrons. The first kappa shape index (κ1) is 13.2. The molecule has 0 aliphatic rings. The molecule has 1 rings (SSSR count). The maximum atomic E-state index is 4.34. The monoisotopic (exact) mass is 223 g/mol. The molecule has 3 heteroatoms. The van der Waals surface area contributed by atoms with Crippen molar-refractivity contribution in [2.45, 2.75) is 72.3 Å². The van der Waals surface area contributed by atoms with Gasteiger partial charge in [-0.25, -0.2) is 4.68 Å². The second-order valence-electron chi connectivity index (χ2n) is 5.46. The summed E-state index contributed by atoms with van der Waals surface area (Å²) < 4.78 is 2.11. The van der Waals surface area contributed by atoms with Crippen LogP contribution in [0.25, 0.3) is 0 Å². The molecule has 0 fully saturated rings. The van der Waals surface area contributed by atoms with Crippen LogP contribution < -0.4 is 0 Å². The summed E-state index contributed by atoms with van der Waals surface area (Å²) in [4.78, 5) is 0. The lowest BCUT2D eigenvalue weighted by molar-refractivity contribution is 0.465. The fourth-order valence-corrected chi connectivity index (χ4v) is 2.04. The minimum Gasteiger partial charge on any atom is -0.249 e. The lowest BCUT2D eigenvalue weighted by Gasteiger charge is -2.21. The van der Waals surface area contributed by atoms with Crippen molar-refractivity contribution >= 4 is 0 Å². The van der Waals surface area contributed by atoms with Gasteiger partial charge in [0.05, 0.1) is 11.4 Å². The third-order valence-corrected chi connectivity index (χ3v) is 2.73. The first-order valence-electron chi connectivity index (χ1n) is 6.43. The predicted octanol–water partition coefficient (Wildman–Crippen LogP) is 3.33. The van der Waals surface area contributed by atoms with E-state index in [0.717, 1.165) is 19.4 Å². The number of aryl methyl sites for hydroxylation is 2. The van der Waals surface area contributed by atoms with Crippen LogP contribution in [0.1, 0.15) is 65.3 Å². The standard InChI is InChI=1S/C13H25N3/c1-6-8-10-16-12(13(3,4)5)11(9-7-2)14-15-16/h6-10H2,1-5H3. The van der Waals surface area contributed by atoms with Crippen molar-refractivity contribution in [2.75, 3.05) is 0 Å². The van der Waals surface area contributed by atoms with E-state index >= 15 is 0 Å². The Morgan fingerprint density at radius 2 is 1.81 bits per heavy atom. The van der Waals surface area contributed by atoms with Gasteiger partial charge in [0.15, 0.2) is 0 Å². The summed E-state index contributed by atoms with van der Waals surface area (Å²) in [5, 5.41) is 8.64. The predicted molar refractivity (Wildman–Crippen MR) is 67.6 cm³/mol. The largest absolute Gasteiger partial charge is 0.249 e. The Hall–Kier alpha value is -0.860. The van der Waals surface area contributed by atoms with Gasteiger partial charge >= 0.3 is 0 Å². The van der Waals surface area contributed by atoms with Crippen molar-refractivity contribution in [2.24, 2.45) is 0 Å². The van der Waals surface area contributed by atoms with Crippen LogP contribution >= 0.6 is 0 Å². The summed E-state index contributed by atoms with van der Waals surface area (Å²) in [7, 11) is 0. The second kappa shape index (κ2) is 5.46. The molecule has 0 N–H and O–H groups in total. The molecular weight excluding hydrogens is 198 g/mol. The Morgan fingerprint density at radius 1 is 1.12 bits per heavy atom. The summed E-state index contributed by atoms with van der Waals surface area (Å²) in [6.07, 6.45) is 4.55. The van der Waals surface area contributed by atoms with Crippen LogP contribution in [0.4, 0.5) is 0 Å². The summed E-state index contributed by atoms with van der Waals surface area (Å²) in [6, 6.07) is 0. The van der Waals surface area contributed by atoms with Crippen molar-refractivity contribution in [3.8, 4) is 0 Å². The lowest BCUT2D eigenvalue weighted by Crippen LogP contribution is -2.20. The van der Waals surface area contributed by atoms with Crippen LogP contribution in [0.3, 0.4) is 0 Å². The first-order chi connectivity index (χ1) is 7.50. The third kappa shape index (κ3) is 3.06. The summed E-state index contributed by atoms with van der Waals surface area (Å²) in [5.41, 5.74) is 2.65. The zero-order valence-electron chi connectivity index (χ0n) is 11.4. The van der Waals surface area contributed by atoms with Crippen molar-refractivity contribution in [3.05, 3.63) is 11.4 Å². The molecule has 0 saturated heterocycles. The molecule has 0 unspecified atom stereocenters. The van der Waals surface area contributed by atoms with Crippen molar-refractivity contribution < 1.29 is 0 Å². The molecule has 3 nitrogen and oxygen atoms in total. The fourth-order valence-electron chi connectivity index (χ4n) is 2.04. The van der Waals surface area contributed by atoms with Gasteiger partial charge in [0.1, 0.15) is 0 Å². The highest BCUT2D eigenvalue weighted by atomic mass is 15.4. The molecule has 16 heavy (non-hydrogen) atoms. The molecule has 0 spiro atoms. The second-order valence-corrected chi connectivity index (χ2v) is 5.46. The molecule has 1 aromatic heterocycles. The van der Waals surface area contributed by atoms with E-state index in [-0.39, 0.29) is 5.41 Å². The van der Waals surface area contributed by atoms with Gasteiger partial charge in [0, 0.05) is 12.0 Å². The highest BCUT2D eigenvalue weighted by molar-refractivity contribution is 5.19. The van der Waals surface area contributed by atoms with Crippen molar-refractivity contribution in [1.29, 1.82) is 0 Å². The Kier molecular flexibility index (Phi) is 4.51. The van der Waals surface area contributed by atoms with Crippen molar-refractivity contribution in [1.82, 2.24) is 15.0 Å². The molecule has 1 aromatic rings. The van der Waals surface area contributed by atoms with Gasteiger partial charge in [-0.2, -0.15) is 0 Å². The van der Waals surface area contributed by atoms with Crippen LogP contribution in [-0.2, 0) is 18.4 Å². The summed E-state index contributed by atoms with van der Waals surface area (Å²) >= 11 is 0. The van der Waals surface area contributed by atoms with E-state index in [4.69, 9.17) is 0 Å². The highest BCUT2D eigenvalue weighted by Crippen LogP contribution is 2.25. The summed E-state index contributed by atoms with van der Waals surface area (Å²) in [6.45, 7) is 12.1. The normalized spacial score (nSPS) is 12.1. The van der Waals surface area contributed by atoms with Gasteiger partial charge in [-0.05, 0) is 12.8 Å². The molecule has 92 valence electrons. The molecule has 1 heterocycles. The van der Waals surface area contributed by atoms with Crippen LogP contribution in [0.5, 0.6) is 0 Å². The molecule has 0 atom stereocenters. The van der Waals surface area contributed by atoms with Gasteiger partial charge in [0.2, 0.25) is 0 Å². The van der Waals surface area contributed by atoms with E-state index in [1.165, 1.54) is 24.2 Å². The Labute approximate surface area is 99.2 Å². The SMILES string of the molecule is CCCCn1nnc(CCC)c1C(C)(C)C. The molecule has 0 saturated carbocycles.